The maximum absolute atomic E-state index is 13.7. The number of nitrogens with one attached hydrogen (secondary N) is 1. The van der Waals surface area contributed by atoms with E-state index in [-0.39, 0.29) is 34.9 Å². The van der Waals surface area contributed by atoms with Crippen molar-refractivity contribution in [3.05, 3.63) is 83.7 Å². The van der Waals surface area contributed by atoms with E-state index in [0.29, 0.717) is 0 Å². The van der Waals surface area contributed by atoms with Crippen LogP contribution in [0.2, 0.25) is 0 Å². The summed E-state index contributed by atoms with van der Waals surface area (Å²) in [5.41, 5.74) is 8.54. The van der Waals surface area contributed by atoms with Crippen LogP contribution in [0.5, 0.6) is 0 Å². The number of pyridine rings is 2. The van der Waals surface area contributed by atoms with Crippen molar-refractivity contribution in [3.8, 4) is 0 Å². The highest BCUT2D eigenvalue weighted by Gasteiger charge is 2.45. The zero-order chi connectivity index (χ0) is 24.3. The van der Waals surface area contributed by atoms with Gasteiger partial charge in [0, 0.05) is 12.6 Å². The smallest absolute Gasteiger partial charge is 0.322 e. The van der Waals surface area contributed by atoms with Gasteiger partial charge in [-0.1, -0.05) is 57.2 Å². The molecule has 0 aliphatic carbocycles. The number of aliphatic carboxylic acids is 1. The van der Waals surface area contributed by atoms with E-state index in [0.717, 1.165) is 11.1 Å². The van der Waals surface area contributed by atoms with Crippen LogP contribution in [0.1, 0.15) is 37.6 Å². The van der Waals surface area contributed by atoms with Gasteiger partial charge in [0.05, 0.1) is 5.69 Å². The second-order valence-corrected chi connectivity index (χ2v) is 11.0. The minimum atomic E-state index is -4.18. The molecule has 8 nitrogen and oxygen atoms in total. The first-order chi connectivity index (χ1) is 15.4. The van der Waals surface area contributed by atoms with Crippen molar-refractivity contribution >= 4 is 21.6 Å². The van der Waals surface area contributed by atoms with Gasteiger partial charge in [0.1, 0.15) is 12.4 Å². The quantitative estimate of drug-likeness (QED) is 0.459. The lowest BCUT2D eigenvalue weighted by Crippen LogP contribution is -2.47. The van der Waals surface area contributed by atoms with E-state index in [2.05, 4.69) is 36.1 Å². The molecule has 1 aromatic carbocycles. The molecule has 3 rings (SSSR count). The lowest BCUT2D eigenvalue weighted by Gasteiger charge is -2.29. The summed E-state index contributed by atoms with van der Waals surface area (Å²) in [6.07, 6.45) is 1.34. The second-order valence-electron chi connectivity index (χ2n) is 8.84. The van der Waals surface area contributed by atoms with E-state index in [1.54, 1.807) is 24.3 Å². The van der Waals surface area contributed by atoms with Crippen molar-refractivity contribution in [1.82, 2.24) is 9.97 Å². The van der Waals surface area contributed by atoms with Crippen LogP contribution in [-0.2, 0) is 31.3 Å². The molecule has 0 spiro atoms. The molecule has 0 aliphatic rings. The Hall–Kier alpha value is -3.30. The monoisotopic (exact) mass is 468 g/mol. The molecule has 9 heteroatoms. The van der Waals surface area contributed by atoms with Gasteiger partial charge in [-0.15, -0.1) is 0 Å². The molecule has 0 radical (unpaired) electrons. The molecule has 0 amide bonds. The van der Waals surface area contributed by atoms with Gasteiger partial charge in [-0.3, -0.25) is 4.79 Å². The number of benzene rings is 1. The van der Waals surface area contributed by atoms with Crippen molar-refractivity contribution in [3.63, 3.8) is 0 Å². The van der Waals surface area contributed by atoms with Crippen LogP contribution in [0.25, 0.3) is 0 Å². The number of carboxylic acid groups (broad SMARTS) is 1. The van der Waals surface area contributed by atoms with Crippen molar-refractivity contribution in [2.24, 2.45) is 5.73 Å². The number of hydrogen-bond donors (Lipinski definition) is 3. The lowest BCUT2D eigenvalue weighted by atomic mass is 9.86. The first kappa shape index (κ1) is 24.3. The predicted octanol–water partition coefficient (Wildman–Crippen LogP) is 3.10. The molecule has 1 unspecified atom stereocenters. The number of aromatic nitrogens is 2. The van der Waals surface area contributed by atoms with Gasteiger partial charge in [-0.2, -0.15) is 0 Å². The zero-order valence-corrected chi connectivity index (χ0v) is 19.6. The van der Waals surface area contributed by atoms with Gasteiger partial charge in [0.15, 0.2) is 9.90 Å². The van der Waals surface area contributed by atoms with Gasteiger partial charge in [-0.05, 0) is 40.8 Å². The number of nitrogens with zero attached hydrogens (tertiary/aromatic N) is 2. The fourth-order valence-electron chi connectivity index (χ4n) is 3.38. The summed E-state index contributed by atoms with van der Waals surface area (Å²) in [6, 6.07) is 16.9. The van der Waals surface area contributed by atoms with Crippen LogP contribution in [-0.4, -0.2) is 36.0 Å². The Morgan fingerprint density at radius 3 is 2.30 bits per heavy atom. The Morgan fingerprint density at radius 2 is 1.73 bits per heavy atom. The second kappa shape index (κ2) is 9.29. The minimum absolute atomic E-state index is 0.0499. The molecule has 4 N–H and O–H groups in total. The molecule has 0 fully saturated rings. The average Bonchev–Trinajstić information content (AvgIpc) is 2.78. The highest BCUT2D eigenvalue weighted by atomic mass is 32.2. The highest BCUT2D eigenvalue weighted by molar-refractivity contribution is 7.92. The summed E-state index contributed by atoms with van der Waals surface area (Å²) in [5, 5.41) is 11.4. The summed E-state index contributed by atoms with van der Waals surface area (Å²) < 4.78 is 27.4. The maximum Gasteiger partial charge on any atom is 0.322 e. The number of nitrogens with two attached hydrogens (primary N) is 1. The molecule has 0 aliphatic heterocycles. The molecule has 0 saturated heterocycles. The minimum Gasteiger partial charge on any atom is -0.480 e. The molecule has 2 aromatic heterocycles. The largest absolute Gasteiger partial charge is 0.480 e. The Morgan fingerprint density at radius 1 is 1.03 bits per heavy atom. The third kappa shape index (κ3) is 5.37. The number of rotatable bonds is 8. The van der Waals surface area contributed by atoms with Crippen LogP contribution in [0.4, 0.5) is 5.82 Å². The first-order valence-corrected chi connectivity index (χ1v) is 11.9. The zero-order valence-electron chi connectivity index (χ0n) is 18.8. The summed E-state index contributed by atoms with van der Waals surface area (Å²) in [6.45, 7) is 5.93. The van der Waals surface area contributed by atoms with E-state index in [9.17, 15) is 13.2 Å². The van der Waals surface area contributed by atoms with Crippen LogP contribution in [0.3, 0.4) is 0 Å². The summed E-state index contributed by atoms with van der Waals surface area (Å²) >= 11 is 0. The topological polar surface area (TPSA) is 135 Å². The van der Waals surface area contributed by atoms with E-state index < -0.39 is 20.7 Å². The molecule has 0 saturated carbocycles. The average molecular weight is 469 g/mol. The standard InChI is InChI=1S/C24H28N4O4S/c1-23(2,3)18-12-10-17(11-13-18)15-24(25,33(31,32)21-9-4-5-14-26-21)19-7-6-8-20(28-19)27-16-22(29)30/h4-14H,15-16,25H2,1-3H3,(H,27,28)(H,29,30). The Balaban J connectivity index is 2.09. The first-order valence-electron chi connectivity index (χ1n) is 10.4. The third-order valence-corrected chi connectivity index (χ3v) is 7.39. The van der Waals surface area contributed by atoms with Crippen molar-refractivity contribution in [1.29, 1.82) is 0 Å². The van der Waals surface area contributed by atoms with E-state index >= 15 is 0 Å². The molecular weight excluding hydrogens is 440 g/mol. The van der Waals surface area contributed by atoms with E-state index in [1.165, 1.54) is 18.3 Å². The van der Waals surface area contributed by atoms with Crippen molar-refractivity contribution in [2.75, 3.05) is 11.9 Å². The van der Waals surface area contributed by atoms with Crippen molar-refractivity contribution in [2.45, 2.75) is 42.5 Å². The Labute approximate surface area is 193 Å². The molecule has 0 bridgehead atoms. The van der Waals surface area contributed by atoms with E-state index in [1.807, 2.05) is 24.3 Å². The number of sulfone groups is 1. The van der Waals surface area contributed by atoms with Crippen molar-refractivity contribution < 1.29 is 18.3 Å². The van der Waals surface area contributed by atoms with E-state index in [4.69, 9.17) is 10.8 Å². The number of carbonyl (C=O) groups is 1. The molecule has 33 heavy (non-hydrogen) atoms. The number of anilines is 1. The fourth-order valence-corrected chi connectivity index (χ4v) is 4.95. The third-order valence-electron chi connectivity index (χ3n) is 5.28. The van der Waals surface area contributed by atoms with Gasteiger partial charge in [0.2, 0.25) is 9.84 Å². The van der Waals surface area contributed by atoms with Gasteiger partial charge in [0.25, 0.3) is 0 Å². The highest BCUT2D eigenvalue weighted by Crippen LogP contribution is 2.34. The predicted molar refractivity (Wildman–Crippen MR) is 126 cm³/mol. The van der Waals surface area contributed by atoms with Gasteiger partial charge < -0.3 is 16.2 Å². The molecular formula is C24H28N4O4S. The Kier molecular flexibility index (Phi) is 6.85. The lowest BCUT2D eigenvalue weighted by molar-refractivity contribution is -0.134. The molecule has 2 heterocycles. The van der Waals surface area contributed by atoms with Gasteiger partial charge in [-0.25, -0.2) is 18.4 Å². The molecule has 174 valence electrons. The molecule has 1 atom stereocenters. The Bertz CT molecular complexity index is 1220. The number of hydrogen-bond acceptors (Lipinski definition) is 7. The summed E-state index contributed by atoms with van der Waals surface area (Å²) in [5.74, 6) is -0.856. The normalized spacial score (nSPS) is 13.8. The van der Waals surface area contributed by atoms with Crippen LogP contribution >= 0.6 is 0 Å². The molecule has 3 aromatic rings. The number of carboxylic acids is 1. The van der Waals surface area contributed by atoms with Crippen LogP contribution in [0.15, 0.2) is 71.9 Å². The SMILES string of the molecule is CC(C)(C)c1ccc(CC(N)(c2cccc(NCC(=O)O)n2)S(=O)(=O)c2ccccn2)cc1. The maximum atomic E-state index is 13.7. The van der Waals surface area contributed by atoms with Gasteiger partial charge >= 0.3 is 5.97 Å². The fraction of sp³-hybridized carbons (Fsp3) is 0.292. The van der Waals surface area contributed by atoms with Crippen LogP contribution in [0, 0.1) is 0 Å². The summed E-state index contributed by atoms with van der Waals surface area (Å²) in [4.78, 5) is 17.4. The summed E-state index contributed by atoms with van der Waals surface area (Å²) in [7, 11) is -4.18. The van der Waals surface area contributed by atoms with Crippen LogP contribution < -0.4 is 11.1 Å².